The number of carbonyl (C=O) groups is 1. The molecule has 1 aromatic rings. The summed E-state index contributed by atoms with van der Waals surface area (Å²) in [5.74, 6) is 1.18. The van der Waals surface area contributed by atoms with Crippen molar-refractivity contribution in [1.29, 1.82) is 0 Å². The fourth-order valence-electron chi connectivity index (χ4n) is 2.04. The highest BCUT2D eigenvalue weighted by Crippen LogP contribution is 2.15. The molecule has 0 aromatic heterocycles. The van der Waals surface area contributed by atoms with E-state index >= 15 is 0 Å². The maximum atomic E-state index is 11.6. The van der Waals surface area contributed by atoms with E-state index in [1.165, 1.54) is 5.56 Å². The van der Waals surface area contributed by atoms with Crippen LogP contribution in [-0.2, 0) is 11.3 Å². The molecule has 1 saturated heterocycles. The zero-order chi connectivity index (χ0) is 12.1. The van der Waals surface area contributed by atoms with Crippen molar-refractivity contribution in [2.75, 3.05) is 6.54 Å². The molecular formula is C14H18N2O. The van der Waals surface area contributed by atoms with Gasteiger partial charge >= 0.3 is 0 Å². The number of hydrogen-bond donors (Lipinski definition) is 0. The van der Waals surface area contributed by atoms with Crippen LogP contribution in [0, 0.1) is 0 Å². The van der Waals surface area contributed by atoms with Crippen LogP contribution in [0.4, 0.5) is 0 Å². The Hall–Kier alpha value is -1.64. The second kappa shape index (κ2) is 5.62. The van der Waals surface area contributed by atoms with Crippen LogP contribution < -0.4 is 0 Å². The predicted molar refractivity (Wildman–Crippen MR) is 68.8 cm³/mol. The third kappa shape index (κ3) is 2.93. The van der Waals surface area contributed by atoms with Gasteiger partial charge in [-0.1, -0.05) is 37.3 Å². The fraction of sp³-hybridized carbons (Fsp3) is 0.429. The van der Waals surface area contributed by atoms with Gasteiger partial charge in [-0.3, -0.25) is 9.79 Å². The van der Waals surface area contributed by atoms with Gasteiger partial charge in [0.1, 0.15) is 5.84 Å². The molecule has 90 valence electrons. The van der Waals surface area contributed by atoms with E-state index in [0.717, 1.165) is 25.2 Å². The molecule has 0 unspecified atom stereocenters. The van der Waals surface area contributed by atoms with Crippen molar-refractivity contribution in [2.45, 2.75) is 32.7 Å². The molecule has 3 nitrogen and oxygen atoms in total. The predicted octanol–water partition coefficient (Wildman–Crippen LogP) is 2.62. The Morgan fingerprint density at radius 2 is 2.00 bits per heavy atom. The Kier molecular flexibility index (Phi) is 3.91. The van der Waals surface area contributed by atoms with E-state index in [-0.39, 0.29) is 5.91 Å². The highest BCUT2D eigenvalue weighted by molar-refractivity contribution is 6.04. The molecule has 0 saturated carbocycles. The standard InChI is InChI=1S/C14H18N2O/c1-2-10-16-13(8-9-14(16)17)15-11-12-6-4-3-5-7-12/h3-7H,2,8-11H2,1H3. The minimum atomic E-state index is 0.221. The average molecular weight is 230 g/mol. The Morgan fingerprint density at radius 3 is 2.71 bits per heavy atom. The van der Waals surface area contributed by atoms with Crippen LogP contribution in [0.3, 0.4) is 0 Å². The summed E-state index contributed by atoms with van der Waals surface area (Å²) in [5.41, 5.74) is 1.19. The molecule has 1 fully saturated rings. The Balaban J connectivity index is 2.04. The number of rotatable bonds is 4. The van der Waals surface area contributed by atoms with Crippen LogP contribution in [0.25, 0.3) is 0 Å². The van der Waals surface area contributed by atoms with E-state index in [0.29, 0.717) is 13.0 Å². The van der Waals surface area contributed by atoms with Gasteiger partial charge in [0.25, 0.3) is 0 Å². The molecular weight excluding hydrogens is 212 g/mol. The van der Waals surface area contributed by atoms with Crippen molar-refractivity contribution in [3.63, 3.8) is 0 Å². The normalized spacial score (nSPS) is 18.1. The first-order valence-electron chi connectivity index (χ1n) is 6.19. The van der Waals surface area contributed by atoms with Crippen LogP contribution in [0.5, 0.6) is 0 Å². The average Bonchev–Trinajstić information content (AvgIpc) is 2.70. The number of hydrogen-bond acceptors (Lipinski definition) is 2. The minimum absolute atomic E-state index is 0.221. The summed E-state index contributed by atoms with van der Waals surface area (Å²) < 4.78 is 0. The van der Waals surface area contributed by atoms with E-state index in [2.05, 4.69) is 24.0 Å². The third-order valence-electron chi connectivity index (χ3n) is 2.91. The number of amides is 1. The summed E-state index contributed by atoms with van der Waals surface area (Å²) in [6.07, 6.45) is 2.40. The van der Waals surface area contributed by atoms with Crippen molar-refractivity contribution in [3.05, 3.63) is 35.9 Å². The van der Waals surface area contributed by atoms with Crippen molar-refractivity contribution in [3.8, 4) is 0 Å². The molecule has 0 N–H and O–H groups in total. The molecule has 0 spiro atoms. The summed E-state index contributed by atoms with van der Waals surface area (Å²) in [4.78, 5) is 18.0. The van der Waals surface area contributed by atoms with Crippen LogP contribution >= 0.6 is 0 Å². The molecule has 3 heteroatoms. The molecule has 0 radical (unpaired) electrons. The zero-order valence-corrected chi connectivity index (χ0v) is 10.2. The zero-order valence-electron chi connectivity index (χ0n) is 10.2. The summed E-state index contributed by atoms with van der Waals surface area (Å²) in [5, 5.41) is 0. The fourth-order valence-corrected chi connectivity index (χ4v) is 2.04. The SMILES string of the molecule is CCCN1C(=O)CCC1=NCc1ccccc1. The van der Waals surface area contributed by atoms with E-state index in [9.17, 15) is 4.79 Å². The molecule has 0 aliphatic carbocycles. The van der Waals surface area contributed by atoms with Crippen LogP contribution in [-0.4, -0.2) is 23.2 Å². The Labute approximate surface area is 102 Å². The lowest BCUT2D eigenvalue weighted by Crippen LogP contribution is -2.30. The number of carbonyl (C=O) groups excluding carboxylic acids is 1. The minimum Gasteiger partial charge on any atom is -0.301 e. The Bertz CT molecular complexity index is 411. The Morgan fingerprint density at radius 1 is 1.24 bits per heavy atom. The molecule has 1 aliphatic rings. The number of likely N-dealkylation sites (tertiary alicyclic amines) is 1. The summed E-state index contributed by atoms with van der Waals surface area (Å²) >= 11 is 0. The van der Waals surface area contributed by atoms with Crippen LogP contribution in [0.1, 0.15) is 31.7 Å². The van der Waals surface area contributed by atoms with E-state index in [1.54, 1.807) is 0 Å². The van der Waals surface area contributed by atoms with Gasteiger partial charge in [0, 0.05) is 19.4 Å². The lowest BCUT2D eigenvalue weighted by Gasteiger charge is -2.15. The maximum absolute atomic E-state index is 11.6. The largest absolute Gasteiger partial charge is 0.301 e. The molecule has 1 amide bonds. The second-order valence-corrected chi connectivity index (χ2v) is 4.26. The molecule has 17 heavy (non-hydrogen) atoms. The molecule has 1 heterocycles. The molecule has 1 aromatic carbocycles. The first-order chi connectivity index (χ1) is 8.31. The van der Waals surface area contributed by atoms with Crippen molar-refractivity contribution < 1.29 is 4.79 Å². The maximum Gasteiger partial charge on any atom is 0.228 e. The van der Waals surface area contributed by atoms with Crippen molar-refractivity contribution in [2.24, 2.45) is 4.99 Å². The van der Waals surface area contributed by atoms with Gasteiger partial charge in [0.05, 0.1) is 6.54 Å². The van der Waals surface area contributed by atoms with Gasteiger partial charge < -0.3 is 4.90 Å². The molecule has 1 aliphatic heterocycles. The molecule has 0 bridgehead atoms. The highest BCUT2D eigenvalue weighted by Gasteiger charge is 2.25. The number of benzene rings is 1. The monoisotopic (exact) mass is 230 g/mol. The third-order valence-corrected chi connectivity index (χ3v) is 2.91. The smallest absolute Gasteiger partial charge is 0.228 e. The van der Waals surface area contributed by atoms with E-state index in [1.807, 2.05) is 23.1 Å². The van der Waals surface area contributed by atoms with Gasteiger partial charge in [-0.25, -0.2) is 0 Å². The quantitative estimate of drug-likeness (QED) is 0.782. The second-order valence-electron chi connectivity index (χ2n) is 4.26. The number of aliphatic imine (C=N–C) groups is 1. The summed E-state index contributed by atoms with van der Waals surface area (Å²) in [6, 6.07) is 10.1. The lowest BCUT2D eigenvalue weighted by atomic mass is 10.2. The van der Waals surface area contributed by atoms with Gasteiger partial charge in [-0.15, -0.1) is 0 Å². The number of nitrogens with zero attached hydrogens (tertiary/aromatic N) is 2. The van der Waals surface area contributed by atoms with Crippen LogP contribution in [0.2, 0.25) is 0 Å². The van der Waals surface area contributed by atoms with E-state index < -0.39 is 0 Å². The van der Waals surface area contributed by atoms with Crippen molar-refractivity contribution >= 4 is 11.7 Å². The van der Waals surface area contributed by atoms with Gasteiger partial charge in [-0.2, -0.15) is 0 Å². The van der Waals surface area contributed by atoms with Crippen LogP contribution in [0.15, 0.2) is 35.3 Å². The summed E-state index contributed by atoms with van der Waals surface area (Å²) in [7, 11) is 0. The highest BCUT2D eigenvalue weighted by atomic mass is 16.2. The van der Waals surface area contributed by atoms with Gasteiger partial charge in [0.2, 0.25) is 5.91 Å². The first-order valence-corrected chi connectivity index (χ1v) is 6.19. The van der Waals surface area contributed by atoms with Gasteiger partial charge in [0.15, 0.2) is 0 Å². The molecule has 2 rings (SSSR count). The molecule has 0 atom stereocenters. The van der Waals surface area contributed by atoms with Crippen molar-refractivity contribution in [1.82, 2.24) is 4.90 Å². The van der Waals surface area contributed by atoms with E-state index in [4.69, 9.17) is 0 Å². The summed E-state index contributed by atoms with van der Waals surface area (Å²) in [6.45, 7) is 3.55. The lowest BCUT2D eigenvalue weighted by molar-refractivity contribution is -0.125. The topological polar surface area (TPSA) is 32.7 Å². The first kappa shape index (κ1) is 11.8. The van der Waals surface area contributed by atoms with Gasteiger partial charge in [-0.05, 0) is 12.0 Å². The number of amidine groups is 1.